The van der Waals surface area contributed by atoms with Gasteiger partial charge in [0.05, 0.1) is 23.9 Å². The number of hydrogen-bond donors (Lipinski definition) is 2. The molecule has 1 aromatic carbocycles. The summed E-state index contributed by atoms with van der Waals surface area (Å²) in [6, 6.07) is 12.7. The maximum atomic E-state index is 8.73. The second-order valence-electron chi connectivity index (χ2n) is 3.84. The average Bonchev–Trinajstić information content (AvgIpc) is 2.44. The second kappa shape index (κ2) is 5.74. The van der Waals surface area contributed by atoms with Gasteiger partial charge in [-0.15, -0.1) is 0 Å². The number of aromatic nitrogens is 1. The molecule has 19 heavy (non-hydrogen) atoms. The summed E-state index contributed by atoms with van der Waals surface area (Å²) in [4.78, 5) is 4.28. The molecule has 0 unspecified atom stereocenters. The lowest BCUT2D eigenvalue weighted by Crippen LogP contribution is -2.02. The Morgan fingerprint density at radius 2 is 2.00 bits per heavy atom. The molecule has 0 aliphatic rings. The van der Waals surface area contributed by atoms with Crippen LogP contribution in [0.25, 0.3) is 0 Å². The summed E-state index contributed by atoms with van der Waals surface area (Å²) >= 11 is 0. The Kier molecular flexibility index (Phi) is 3.84. The molecule has 1 aromatic heterocycles. The second-order valence-corrected chi connectivity index (χ2v) is 3.84. The standard InChI is InChI=1S/C14H14N4O/c1-2-19-14-12(16)7-8-13(18-14)17-11-5-3-10(9-15)4-6-11/h3-8H,2,16H2,1H3,(H,17,18). The number of ether oxygens (including phenoxy) is 1. The predicted octanol–water partition coefficient (Wildman–Crippen LogP) is 2.68. The summed E-state index contributed by atoms with van der Waals surface area (Å²) in [5.41, 5.74) is 7.72. The molecule has 0 saturated carbocycles. The van der Waals surface area contributed by atoms with Crippen molar-refractivity contribution in [1.29, 1.82) is 5.26 Å². The van der Waals surface area contributed by atoms with Crippen molar-refractivity contribution >= 4 is 17.2 Å². The lowest BCUT2D eigenvalue weighted by molar-refractivity contribution is 0.329. The Labute approximate surface area is 111 Å². The smallest absolute Gasteiger partial charge is 0.239 e. The SMILES string of the molecule is CCOc1nc(Nc2ccc(C#N)cc2)ccc1N. The molecule has 5 nitrogen and oxygen atoms in total. The van der Waals surface area contributed by atoms with E-state index >= 15 is 0 Å². The average molecular weight is 254 g/mol. The number of hydrogen-bond acceptors (Lipinski definition) is 5. The van der Waals surface area contributed by atoms with Gasteiger partial charge in [0, 0.05) is 5.69 Å². The van der Waals surface area contributed by atoms with Crippen molar-refractivity contribution in [2.24, 2.45) is 0 Å². The molecule has 0 radical (unpaired) electrons. The fraction of sp³-hybridized carbons (Fsp3) is 0.143. The van der Waals surface area contributed by atoms with Gasteiger partial charge in [-0.3, -0.25) is 0 Å². The molecule has 1 heterocycles. The van der Waals surface area contributed by atoms with Crippen LogP contribution < -0.4 is 15.8 Å². The zero-order valence-electron chi connectivity index (χ0n) is 10.6. The Hall–Kier alpha value is -2.74. The summed E-state index contributed by atoms with van der Waals surface area (Å²) < 4.78 is 5.33. The number of nitrogens with zero attached hydrogens (tertiary/aromatic N) is 2. The summed E-state index contributed by atoms with van der Waals surface area (Å²) in [6.45, 7) is 2.39. The predicted molar refractivity (Wildman–Crippen MR) is 74.3 cm³/mol. The first kappa shape index (κ1) is 12.7. The minimum Gasteiger partial charge on any atom is -0.476 e. The first-order valence-corrected chi connectivity index (χ1v) is 5.89. The van der Waals surface area contributed by atoms with Crippen molar-refractivity contribution in [2.45, 2.75) is 6.92 Å². The van der Waals surface area contributed by atoms with E-state index < -0.39 is 0 Å². The number of pyridine rings is 1. The molecule has 5 heteroatoms. The summed E-state index contributed by atoms with van der Waals surface area (Å²) in [6.07, 6.45) is 0. The van der Waals surface area contributed by atoms with E-state index in [1.54, 1.807) is 24.3 Å². The van der Waals surface area contributed by atoms with Crippen molar-refractivity contribution in [3.8, 4) is 11.9 Å². The van der Waals surface area contributed by atoms with E-state index in [0.29, 0.717) is 29.6 Å². The lowest BCUT2D eigenvalue weighted by atomic mass is 10.2. The number of nitrogens with one attached hydrogen (secondary N) is 1. The lowest BCUT2D eigenvalue weighted by Gasteiger charge is -2.09. The first-order chi connectivity index (χ1) is 9.22. The number of nitrogens with two attached hydrogens (primary N) is 1. The molecular weight excluding hydrogens is 240 g/mol. The van der Waals surface area contributed by atoms with Crippen LogP contribution in [0.4, 0.5) is 17.2 Å². The molecule has 0 spiro atoms. The minimum atomic E-state index is 0.418. The third-order valence-electron chi connectivity index (χ3n) is 2.46. The number of benzene rings is 1. The Morgan fingerprint density at radius 1 is 1.26 bits per heavy atom. The van der Waals surface area contributed by atoms with Crippen molar-refractivity contribution in [1.82, 2.24) is 4.98 Å². The van der Waals surface area contributed by atoms with E-state index in [4.69, 9.17) is 15.7 Å². The Balaban J connectivity index is 2.18. The van der Waals surface area contributed by atoms with E-state index in [0.717, 1.165) is 5.69 Å². The van der Waals surface area contributed by atoms with Crippen LogP contribution in [0, 0.1) is 11.3 Å². The van der Waals surface area contributed by atoms with Crippen LogP contribution in [0.1, 0.15) is 12.5 Å². The highest BCUT2D eigenvalue weighted by molar-refractivity contribution is 5.61. The molecule has 0 amide bonds. The van der Waals surface area contributed by atoms with Crippen molar-refractivity contribution in [3.63, 3.8) is 0 Å². The zero-order chi connectivity index (χ0) is 13.7. The number of rotatable bonds is 4. The van der Waals surface area contributed by atoms with E-state index in [2.05, 4.69) is 16.4 Å². The monoisotopic (exact) mass is 254 g/mol. The van der Waals surface area contributed by atoms with Crippen LogP contribution >= 0.6 is 0 Å². The molecule has 2 aromatic rings. The van der Waals surface area contributed by atoms with Crippen molar-refractivity contribution in [2.75, 3.05) is 17.7 Å². The third-order valence-corrected chi connectivity index (χ3v) is 2.46. The number of anilines is 3. The highest BCUT2D eigenvalue weighted by Crippen LogP contribution is 2.23. The molecule has 96 valence electrons. The molecule has 0 bridgehead atoms. The van der Waals surface area contributed by atoms with E-state index in [1.165, 1.54) is 0 Å². The minimum absolute atomic E-state index is 0.418. The van der Waals surface area contributed by atoms with Crippen LogP contribution in [0.2, 0.25) is 0 Å². The van der Waals surface area contributed by atoms with Crippen LogP contribution in [0.3, 0.4) is 0 Å². The molecule has 0 fully saturated rings. The van der Waals surface area contributed by atoms with Crippen LogP contribution in [-0.2, 0) is 0 Å². The van der Waals surface area contributed by atoms with E-state index in [9.17, 15) is 0 Å². The van der Waals surface area contributed by atoms with Gasteiger partial charge in [0.1, 0.15) is 5.82 Å². The Morgan fingerprint density at radius 3 is 2.63 bits per heavy atom. The fourth-order valence-electron chi connectivity index (χ4n) is 1.55. The highest BCUT2D eigenvalue weighted by Gasteiger charge is 2.04. The number of nitrogen functional groups attached to an aromatic ring is 1. The van der Waals surface area contributed by atoms with Crippen LogP contribution in [0.15, 0.2) is 36.4 Å². The van der Waals surface area contributed by atoms with Crippen molar-refractivity contribution in [3.05, 3.63) is 42.0 Å². The van der Waals surface area contributed by atoms with Gasteiger partial charge in [-0.25, -0.2) is 0 Å². The van der Waals surface area contributed by atoms with Crippen molar-refractivity contribution < 1.29 is 4.74 Å². The molecule has 0 aliphatic carbocycles. The quantitative estimate of drug-likeness (QED) is 0.876. The highest BCUT2D eigenvalue weighted by atomic mass is 16.5. The maximum Gasteiger partial charge on any atom is 0.239 e. The topological polar surface area (TPSA) is 84.0 Å². The molecule has 0 aliphatic heterocycles. The van der Waals surface area contributed by atoms with Gasteiger partial charge in [0.25, 0.3) is 0 Å². The summed E-state index contributed by atoms with van der Waals surface area (Å²) in [5, 5.41) is 11.9. The largest absolute Gasteiger partial charge is 0.476 e. The van der Waals surface area contributed by atoms with Gasteiger partial charge < -0.3 is 15.8 Å². The van der Waals surface area contributed by atoms with Gasteiger partial charge in [-0.1, -0.05) is 0 Å². The molecule has 0 atom stereocenters. The normalized spacial score (nSPS) is 9.68. The first-order valence-electron chi connectivity index (χ1n) is 5.89. The van der Waals surface area contributed by atoms with E-state index in [-0.39, 0.29) is 0 Å². The van der Waals surface area contributed by atoms with Crippen LogP contribution in [-0.4, -0.2) is 11.6 Å². The Bertz CT molecular complexity index is 602. The van der Waals surface area contributed by atoms with E-state index in [1.807, 2.05) is 19.1 Å². The third kappa shape index (κ3) is 3.13. The molecule has 2 rings (SSSR count). The van der Waals surface area contributed by atoms with Gasteiger partial charge in [-0.2, -0.15) is 10.2 Å². The van der Waals surface area contributed by atoms with Crippen LogP contribution in [0.5, 0.6) is 5.88 Å². The molecule has 3 N–H and O–H groups in total. The zero-order valence-corrected chi connectivity index (χ0v) is 10.6. The van der Waals surface area contributed by atoms with Gasteiger partial charge >= 0.3 is 0 Å². The maximum absolute atomic E-state index is 8.73. The van der Waals surface area contributed by atoms with Gasteiger partial charge in [0.15, 0.2) is 0 Å². The van der Waals surface area contributed by atoms with Gasteiger partial charge in [-0.05, 0) is 43.3 Å². The molecule has 0 saturated heterocycles. The summed E-state index contributed by atoms with van der Waals surface area (Å²) in [7, 11) is 0. The molecular formula is C14H14N4O. The fourth-order valence-corrected chi connectivity index (χ4v) is 1.55. The van der Waals surface area contributed by atoms with Gasteiger partial charge in [0.2, 0.25) is 5.88 Å². The summed E-state index contributed by atoms with van der Waals surface area (Å²) in [5.74, 6) is 1.06. The number of nitriles is 1.